The highest BCUT2D eigenvalue weighted by Crippen LogP contribution is 2.49. The molecule has 116 heavy (non-hydrogen) atoms. The van der Waals surface area contributed by atoms with Gasteiger partial charge in [-0.1, -0.05) is 69.6 Å². The van der Waals surface area contributed by atoms with Crippen LogP contribution in [-0.2, 0) is 88.2 Å². The number of hydrogen-bond acceptors (Lipinski definition) is 39. The molecular formula is C60H85Cl6N30O17P3. The quantitative estimate of drug-likeness (QED) is 0.0132. The Morgan fingerprint density at radius 1 is 0.448 bits per heavy atom. The molecule has 1 fully saturated rings. The summed E-state index contributed by atoms with van der Waals surface area (Å²) in [5, 5.41) is 19.8. The summed E-state index contributed by atoms with van der Waals surface area (Å²) in [6.45, 7) is 21.0. The lowest BCUT2D eigenvalue weighted by atomic mass is 10.4. The van der Waals surface area contributed by atoms with Crippen molar-refractivity contribution in [3.05, 3.63) is 68.9 Å². The number of rotatable bonds is 27. The maximum atomic E-state index is 12.4. The van der Waals surface area contributed by atoms with Crippen molar-refractivity contribution in [2.45, 2.75) is 139 Å². The fourth-order valence-electron chi connectivity index (χ4n) is 9.76. The molecule has 12 aromatic heterocycles. The molecule has 1 aliphatic heterocycles. The largest absolute Gasteiger partial charge is 0.508 e. The Bertz CT molecular complexity index is 5160. The molecule has 0 amide bonds. The van der Waals surface area contributed by atoms with E-state index < -0.39 is 53.6 Å². The van der Waals surface area contributed by atoms with E-state index in [0.717, 1.165) is 0 Å². The van der Waals surface area contributed by atoms with Crippen molar-refractivity contribution in [1.29, 1.82) is 0 Å². The molecule has 1 aliphatic rings. The molecule has 47 nitrogen and oxygen atoms in total. The summed E-state index contributed by atoms with van der Waals surface area (Å²) >= 11 is 35.3. The Labute approximate surface area is 689 Å². The van der Waals surface area contributed by atoms with Gasteiger partial charge in [0.05, 0.1) is 128 Å². The van der Waals surface area contributed by atoms with Gasteiger partial charge in [0.1, 0.15) is 64.9 Å². The predicted octanol–water partition coefficient (Wildman–Crippen LogP) is 8.00. The smallest absolute Gasteiger partial charge is 0.430 e. The van der Waals surface area contributed by atoms with Crippen molar-refractivity contribution in [3.8, 4) is 0 Å². The monoisotopic (exact) mass is 1800 g/mol. The van der Waals surface area contributed by atoms with Gasteiger partial charge in [0.25, 0.3) is 0 Å². The van der Waals surface area contributed by atoms with Crippen molar-refractivity contribution in [2.24, 2.45) is 0 Å². The highest BCUT2D eigenvalue weighted by atomic mass is 35.5. The fraction of sp³-hybridized carbons (Fsp3) is 0.483. The molecule has 13 heterocycles. The molecule has 6 atom stereocenters. The molecule has 0 aliphatic carbocycles. The van der Waals surface area contributed by atoms with Gasteiger partial charge in [0.2, 0.25) is 35.7 Å². The number of aromatic nitrogens is 24. The van der Waals surface area contributed by atoms with Crippen LogP contribution >= 0.6 is 92.4 Å². The third kappa shape index (κ3) is 28.3. The lowest BCUT2D eigenvalue weighted by molar-refractivity contribution is 0.0672. The summed E-state index contributed by atoms with van der Waals surface area (Å²) < 4.78 is 90.0. The van der Waals surface area contributed by atoms with Crippen LogP contribution in [-0.4, -0.2) is 232 Å². The number of aliphatic hydroxyl groups is 2. The van der Waals surface area contributed by atoms with E-state index in [0.29, 0.717) is 111 Å². The first-order valence-corrected chi connectivity index (χ1v) is 41.9. The lowest BCUT2D eigenvalue weighted by Crippen LogP contribution is -2.18. The average Bonchev–Trinajstić information content (AvgIpc) is 1.67. The van der Waals surface area contributed by atoms with Crippen molar-refractivity contribution in [3.63, 3.8) is 0 Å². The third-order valence-electron chi connectivity index (χ3n) is 14.3. The number of anilines is 6. The van der Waals surface area contributed by atoms with E-state index in [2.05, 4.69) is 104 Å². The number of aromatic amines is 1. The number of nitrogens with zero attached hydrogens (tertiary/aromatic N) is 23. The number of halogens is 6. The van der Waals surface area contributed by atoms with Gasteiger partial charge in [0.15, 0.2) is 64.8 Å². The topological polar surface area (TPSA) is 661 Å². The minimum absolute atomic E-state index is 0.0213. The number of nitrogen functional groups attached to an aromatic ring is 6. The van der Waals surface area contributed by atoms with Crippen LogP contribution in [0.1, 0.15) is 69.2 Å². The van der Waals surface area contributed by atoms with Crippen molar-refractivity contribution in [1.82, 2.24) is 118 Å². The molecule has 13 rings (SSSR count). The Morgan fingerprint density at radius 3 is 0.974 bits per heavy atom. The first-order valence-electron chi connectivity index (χ1n) is 34.4. The van der Waals surface area contributed by atoms with Crippen LogP contribution in [0.2, 0.25) is 30.9 Å². The summed E-state index contributed by atoms with van der Waals surface area (Å²) in [5.41, 5.74) is 39.0. The lowest BCUT2D eigenvalue weighted by Gasteiger charge is -2.20. The normalized spacial score (nSPS) is 14.2. The number of H-pyrrole nitrogens is 1. The molecule has 0 aromatic carbocycles. The van der Waals surface area contributed by atoms with Crippen LogP contribution in [0, 0.1) is 0 Å². The van der Waals surface area contributed by atoms with E-state index in [4.69, 9.17) is 146 Å². The van der Waals surface area contributed by atoms with Crippen LogP contribution in [0.15, 0.2) is 38.0 Å². The zero-order valence-electron chi connectivity index (χ0n) is 63.6. The number of imidazole rings is 6. The van der Waals surface area contributed by atoms with E-state index in [-0.39, 0.29) is 119 Å². The number of aliphatic hydroxyl groups excluding tert-OH is 2. The van der Waals surface area contributed by atoms with E-state index >= 15 is 0 Å². The zero-order valence-corrected chi connectivity index (χ0v) is 70.8. The second-order valence-corrected chi connectivity index (χ2v) is 32.0. The Hall–Kier alpha value is -8.64. The molecule has 634 valence electrons. The first-order chi connectivity index (χ1) is 54.7. The summed E-state index contributed by atoms with van der Waals surface area (Å²) in [5.74, 6) is 0.488. The van der Waals surface area contributed by atoms with Crippen molar-refractivity contribution >= 4 is 201 Å². The molecule has 0 saturated carbocycles. The number of carbonyl (C=O) groups excluding carboxylic acids is 1. The van der Waals surface area contributed by atoms with Gasteiger partial charge >= 0.3 is 28.9 Å². The number of nitrogens with two attached hydrogens (primary N) is 6. The van der Waals surface area contributed by atoms with Crippen LogP contribution in [0.4, 0.5) is 40.5 Å². The van der Waals surface area contributed by atoms with Crippen molar-refractivity contribution in [2.75, 3.05) is 86.5 Å². The van der Waals surface area contributed by atoms with Crippen LogP contribution < -0.4 is 34.4 Å². The summed E-state index contributed by atoms with van der Waals surface area (Å²) in [6, 6.07) is 0. The van der Waals surface area contributed by atoms with Crippen LogP contribution in [0.25, 0.3) is 67.0 Å². The van der Waals surface area contributed by atoms with Gasteiger partial charge in [0, 0.05) is 0 Å². The van der Waals surface area contributed by atoms with Crippen LogP contribution in [0.5, 0.6) is 0 Å². The van der Waals surface area contributed by atoms with Gasteiger partial charge in [-0.3, -0.25) is 13.7 Å². The first kappa shape index (κ1) is 94.5. The second-order valence-electron chi connectivity index (χ2n) is 24.2. The highest BCUT2D eigenvalue weighted by molar-refractivity contribution is 7.54. The summed E-state index contributed by atoms with van der Waals surface area (Å²) in [6.07, 6.45) is 5.76. The fourth-order valence-corrected chi connectivity index (χ4v) is 14.4. The zero-order chi connectivity index (χ0) is 85.5. The Balaban J connectivity index is 0.000000192. The number of carbonyl (C=O) groups is 1. The number of cyclic esters (lactones) is 2. The molecular weight excluding hydrogens is 1720 g/mol. The molecule has 0 spiro atoms. The van der Waals surface area contributed by atoms with Gasteiger partial charge in [-0.25, -0.2) is 34.7 Å². The molecule has 56 heteroatoms. The molecule has 0 radical (unpaired) electrons. The second kappa shape index (κ2) is 43.7. The Kier molecular flexibility index (Phi) is 35.6. The predicted molar refractivity (Wildman–Crippen MR) is 430 cm³/mol. The van der Waals surface area contributed by atoms with E-state index in [1.165, 1.54) is 12.7 Å². The molecule has 0 unspecified atom stereocenters. The molecule has 12 aromatic rings. The summed E-state index contributed by atoms with van der Waals surface area (Å²) in [7, 11) is -10.7. The maximum absolute atomic E-state index is 12.4. The number of ether oxygens (including phenoxy) is 5. The third-order valence-corrected chi connectivity index (χ3v) is 19.9. The van der Waals surface area contributed by atoms with Gasteiger partial charge in [-0.15, -0.1) is 0 Å². The maximum Gasteiger partial charge on any atom is 0.508 e. The van der Waals surface area contributed by atoms with E-state index in [1.54, 1.807) is 104 Å². The van der Waals surface area contributed by atoms with Gasteiger partial charge in [-0.05, 0) is 69.2 Å². The molecule has 17 N–H and O–H groups in total. The minimum atomic E-state index is -4.19. The SMILES string of the molecule is CCOP(=O)(CO[C@H](C)Cn1cnc2c(Cl)nc(N)nc21)OCC.CCOP(=O)(CO[C@H](C)Cn1cnc2c(Cl)nc(N)nc21)OCC.C[C@@H](O)Cn1cnc2c(Cl)nc(N)nc21.C[C@@H](O)Cn1cnc2c(Cl)nc(N)nc21.C[C@@H]1COC(=O)O1.C[C@H](Cn1cnc2c(Cl)nc(N)nc21)OCP(=O)(O)O.Nc1nc(Cl)c2[nH]cnc2n1. The standard InChI is InChI=1S/2C13H21ClN5O4P.C9H13ClN5O4P.2C8H10ClN5O.C5H4ClN5.C4H6O3/c2*1-4-22-24(20,23-5-2)8-21-9(3)6-19-7-16-10-11(14)17-13(15)18-12(10)19;1-5(19-4-20(16,17)18)2-15-3-12-6-7(10)13-9(11)14-8(6)15;2*1-4(15)2-14-3-11-5-6(9)12-8(10)13-7(5)14;6-3-2-4(9-1-8-2)11-5(7)10-3;1-3-2-6-4(5)7-3/h2*7,9H,4-6,8H2,1-3H3,(H2,15,17,18);3,5H,2,4H2,1H3,(H2,11,13,14)(H2,16,17,18);2*3-4,15H,2H2,1H3,(H2,10,12,13);1H,(H3,7,8,9,10,11);3H,2H2,1H3/t2*9-;5-;2*4-;;3-/m11111.1/s1. The molecule has 1 saturated heterocycles. The average molecular weight is 1800 g/mol. The number of nitrogens with one attached hydrogen (secondary N) is 1. The Morgan fingerprint density at radius 2 is 0.724 bits per heavy atom. The van der Waals surface area contributed by atoms with E-state index in [9.17, 15) is 28.7 Å². The highest BCUT2D eigenvalue weighted by Gasteiger charge is 2.28. The number of hydrogen-bond donors (Lipinski definition) is 11. The van der Waals surface area contributed by atoms with Crippen molar-refractivity contribution < 1.29 is 80.3 Å². The number of fused-ring (bicyclic) bond motifs is 6. The minimum Gasteiger partial charge on any atom is -0.430 e. The van der Waals surface area contributed by atoms with Gasteiger partial charge < -0.3 is 124 Å². The summed E-state index contributed by atoms with van der Waals surface area (Å²) in [4.78, 5) is 102. The van der Waals surface area contributed by atoms with E-state index in [1.807, 2.05) is 13.8 Å². The van der Waals surface area contributed by atoms with Gasteiger partial charge in [-0.2, -0.15) is 59.8 Å². The molecule has 0 bridgehead atoms. The van der Waals surface area contributed by atoms with Crippen LogP contribution in [0.3, 0.4) is 0 Å².